The number of hydrogen-bond acceptors (Lipinski definition) is 5. The number of furan rings is 1. The van der Waals surface area contributed by atoms with Crippen molar-refractivity contribution in [1.82, 2.24) is 10.2 Å². The molecule has 0 aromatic carbocycles. The summed E-state index contributed by atoms with van der Waals surface area (Å²) in [4.78, 5) is 13.9. The molecule has 1 amide bonds. The van der Waals surface area contributed by atoms with Gasteiger partial charge in [-0.2, -0.15) is 0 Å². The number of amides is 1. The fourth-order valence-corrected chi connectivity index (χ4v) is 4.82. The highest BCUT2D eigenvalue weighted by molar-refractivity contribution is 7.92. The van der Waals surface area contributed by atoms with Gasteiger partial charge in [-0.15, -0.1) is 0 Å². The lowest BCUT2D eigenvalue weighted by Crippen LogP contribution is -2.35. The molecule has 0 spiro atoms. The van der Waals surface area contributed by atoms with E-state index in [1.54, 1.807) is 6.26 Å². The lowest BCUT2D eigenvalue weighted by molar-refractivity contribution is -0.120. The van der Waals surface area contributed by atoms with E-state index in [-0.39, 0.29) is 29.4 Å². The molecule has 0 aliphatic heterocycles. The molecule has 1 aliphatic carbocycles. The third-order valence-corrected chi connectivity index (χ3v) is 6.67. The molecule has 1 aliphatic rings. The van der Waals surface area contributed by atoms with Gasteiger partial charge in [-0.1, -0.05) is 12.8 Å². The first-order valence-electron chi connectivity index (χ1n) is 8.08. The average molecular weight is 342 g/mol. The Morgan fingerprint density at radius 3 is 2.65 bits per heavy atom. The molecule has 1 heterocycles. The van der Waals surface area contributed by atoms with Gasteiger partial charge in [0.2, 0.25) is 5.91 Å². The van der Waals surface area contributed by atoms with Gasteiger partial charge in [-0.25, -0.2) is 8.42 Å². The Balaban J connectivity index is 1.80. The van der Waals surface area contributed by atoms with Crippen LogP contribution in [0.25, 0.3) is 0 Å². The largest absolute Gasteiger partial charge is 0.468 e. The molecular formula is C16H26N2O4S. The van der Waals surface area contributed by atoms with Gasteiger partial charge < -0.3 is 9.73 Å². The Morgan fingerprint density at radius 1 is 1.39 bits per heavy atom. The van der Waals surface area contributed by atoms with Crippen LogP contribution < -0.4 is 5.32 Å². The molecule has 0 saturated heterocycles. The van der Waals surface area contributed by atoms with Crippen LogP contribution in [0.2, 0.25) is 0 Å². The van der Waals surface area contributed by atoms with Gasteiger partial charge in [-0.05, 0) is 39.1 Å². The Bertz CT molecular complexity index is 590. The van der Waals surface area contributed by atoms with E-state index in [1.807, 2.05) is 31.1 Å². The zero-order valence-corrected chi connectivity index (χ0v) is 14.6. The van der Waals surface area contributed by atoms with Gasteiger partial charge >= 0.3 is 0 Å². The van der Waals surface area contributed by atoms with E-state index in [9.17, 15) is 13.2 Å². The van der Waals surface area contributed by atoms with Crippen molar-refractivity contribution in [2.24, 2.45) is 0 Å². The monoisotopic (exact) mass is 342 g/mol. The van der Waals surface area contributed by atoms with Crippen molar-refractivity contribution in [1.29, 1.82) is 0 Å². The quantitative estimate of drug-likeness (QED) is 0.778. The van der Waals surface area contributed by atoms with Crippen LogP contribution in [0.4, 0.5) is 0 Å². The standard InChI is InChI=1S/C16H26N2O4S/c1-18(2)14(15-8-5-10-22-15)12-17-16(19)9-11-23(20,21)13-6-3-4-7-13/h5,8,10,13-14H,3-4,6-7,9,11-12H2,1-2H3,(H,17,19). The van der Waals surface area contributed by atoms with Gasteiger partial charge in [0.1, 0.15) is 5.76 Å². The zero-order chi connectivity index (χ0) is 16.9. The summed E-state index contributed by atoms with van der Waals surface area (Å²) in [6, 6.07) is 3.60. The van der Waals surface area contributed by atoms with Crippen LogP contribution in [0, 0.1) is 0 Å². The van der Waals surface area contributed by atoms with Crippen molar-refractivity contribution in [3.8, 4) is 0 Å². The molecule has 6 nitrogen and oxygen atoms in total. The van der Waals surface area contributed by atoms with E-state index in [0.29, 0.717) is 6.54 Å². The maximum atomic E-state index is 12.2. The Hall–Kier alpha value is -1.34. The van der Waals surface area contributed by atoms with Gasteiger partial charge in [0.15, 0.2) is 9.84 Å². The fourth-order valence-electron chi connectivity index (χ4n) is 2.97. The first-order valence-corrected chi connectivity index (χ1v) is 9.80. The molecule has 1 atom stereocenters. The highest BCUT2D eigenvalue weighted by Gasteiger charge is 2.29. The fraction of sp³-hybridized carbons (Fsp3) is 0.688. The number of nitrogens with one attached hydrogen (secondary N) is 1. The number of sulfone groups is 1. The van der Waals surface area contributed by atoms with Crippen molar-refractivity contribution >= 4 is 15.7 Å². The lowest BCUT2D eigenvalue weighted by atomic mass is 10.2. The minimum Gasteiger partial charge on any atom is -0.468 e. The van der Waals surface area contributed by atoms with Crippen LogP contribution in [-0.2, 0) is 14.6 Å². The SMILES string of the molecule is CN(C)C(CNC(=O)CCS(=O)(=O)C1CCCC1)c1ccco1. The van der Waals surface area contributed by atoms with Crippen LogP contribution in [0.15, 0.2) is 22.8 Å². The molecule has 1 aromatic heterocycles. The van der Waals surface area contributed by atoms with Gasteiger partial charge in [-0.3, -0.25) is 9.69 Å². The number of nitrogens with zero attached hydrogens (tertiary/aromatic N) is 1. The van der Waals surface area contributed by atoms with Crippen molar-refractivity contribution < 1.29 is 17.6 Å². The molecular weight excluding hydrogens is 316 g/mol. The topological polar surface area (TPSA) is 79.6 Å². The highest BCUT2D eigenvalue weighted by atomic mass is 32.2. The first kappa shape index (κ1) is 18.0. The number of hydrogen-bond donors (Lipinski definition) is 1. The summed E-state index contributed by atoms with van der Waals surface area (Å²) >= 11 is 0. The van der Waals surface area contributed by atoms with Crippen LogP contribution in [0.3, 0.4) is 0 Å². The van der Waals surface area contributed by atoms with Crippen molar-refractivity contribution in [2.45, 2.75) is 43.4 Å². The smallest absolute Gasteiger partial charge is 0.221 e. The maximum Gasteiger partial charge on any atom is 0.221 e. The Labute approximate surface area is 138 Å². The average Bonchev–Trinajstić information content (AvgIpc) is 3.18. The summed E-state index contributed by atoms with van der Waals surface area (Å²) in [5, 5.41) is 2.57. The normalized spacial score (nSPS) is 17.5. The van der Waals surface area contributed by atoms with Crippen molar-refractivity contribution in [3.63, 3.8) is 0 Å². The third-order valence-electron chi connectivity index (χ3n) is 4.41. The summed E-state index contributed by atoms with van der Waals surface area (Å²) in [6.45, 7) is 0.392. The molecule has 1 fully saturated rings. The van der Waals surface area contributed by atoms with E-state index in [1.165, 1.54) is 0 Å². The van der Waals surface area contributed by atoms with Crippen LogP contribution in [0.5, 0.6) is 0 Å². The third kappa shape index (κ3) is 5.07. The second-order valence-corrected chi connectivity index (χ2v) is 8.72. The summed E-state index contributed by atoms with van der Waals surface area (Å²) in [6.07, 6.45) is 5.06. The Kier molecular flexibility index (Phi) is 6.24. The lowest BCUT2D eigenvalue weighted by Gasteiger charge is -2.22. The molecule has 1 N–H and O–H groups in total. The molecule has 1 aromatic rings. The highest BCUT2D eigenvalue weighted by Crippen LogP contribution is 2.25. The second kappa shape index (κ2) is 7.97. The van der Waals surface area contributed by atoms with Crippen molar-refractivity contribution in [3.05, 3.63) is 24.2 Å². The first-order chi connectivity index (χ1) is 10.9. The maximum absolute atomic E-state index is 12.2. The predicted octanol–water partition coefficient (Wildman–Crippen LogP) is 1.75. The minimum absolute atomic E-state index is 0.0249. The van der Waals surface area contributed by atoms with E-state index in [0.717, 1.165) is 31.4 Å². The number of rotatable bonds is 8. The zero-order valence-electron chi connectivity index (χ0n) is 13.8. The van der Waals surface area contributed by atoms with Gasteiger partial charge in [0.25, 0.3) is 0 Å². The van der Waals surface area contributed by atoms with Gasteiger partial charge in [0.05, 0.1) is 23.3 Å². The molecule has 1 saturated carbocycles. The summed E-state index contributed by atoms with van der Waals surface area (Å²) < 4.78 is 29.7. The molecule has 0 bridgehead atoms. The van der Waals surface area contributed by atoms with Crippen molar-refractivity contribution in [2.75, 3.05) is 26.4 Å². The number of carbonyl (C=O) groups excluding carboxylic acids is 1. The summed E-state index contributed by atoms with van der Waals surface area (Å²) in [7, 11) is 0.670. The summed E-state index contributed by atoms with van der Waals surface area (Å²) in [5.74, 6) is 0.482. The van der Waals surface area contributed by atoms with Gasteiger partial charge in [0, 0.05) is 13.0 Å². The van der Waals surface area contributed by atoms with E-state index < -0.39 is 9.84 Å². The van der Waals surface area contributed by atoms with E-state index in [2.05, 4.69) is 5.32 Å². The second-order valence-electron chi connectivity index (χ2n) is 6.32. The van der Waals surface area contributed by atoms with E-state index in [4.69, 9.17) is 4.42 Å². The summed E-state index contributed by atoms with van der Waals surface area (Å²) in [5.41, 5.74) is 0. The molecule has 2 rings (SSSR count). The van der Waals surface area contributed by atoms with Crippen LogP contribution >= 0.6 is 0 Å². The Morgan fingerprint density at radius 2 is 2.09 bits per heavy atom. The number of likely N-dealkylation sites (N-methyl/N-ethyl adjacent to an activating group) is 1. The minimum atomic E-state index is -3.14. The molecule has 1 unspecified atom stereocenters. The van der Waals surface area contributed by atoms with Crippen LogP contribution in [-0.4, -0.2) is 50.9 Å². The molecule has 0 radical (unpaired) electrons. The molecule has 7 heteroatoms. The van der Waals surface area contributed by atoms with E-state index >= 15 is 0 Å². The number of carbonyl (C=O) groups is 1. The predicted molar refractivity (Wildman–Crippen MR) is 88.8 cm³/mol. The van der Waals surface area contributed by atoms with Crippen LogP contribution in [0.1, 0.15) is 43.9 Å². The molecule has 23 heavy (non-hydrogen) atoms. The molecule has 130 valence electrons.